The first-order valence-electron chi connectivity index (χ1n) is 9.23. The van der Waals surface area contributed by atoms with Crippen LogP contribution in [0, 0.1) is 0 Å². The molecule has 1 N–H and O–H groups in total. The normalized spacial score (nSPS) is 13.5. The van der Waals surface area contributed by atoms with Crippen molar-refractivity contribution >= 4 is 28.2 Å². The van der Waals surface area contributed by atoms with Gasteiger partial charge in [0.2, 0.25) is 6.41 Å². The maximum absolute atomic E-state index is 12.5. The first-order chi connectivity index (χ1) is 13.1. The van der Waals surface area contributed by atoms with Gasteiger partial charge < -0.3 is 14.6 Å². The predicted octanol–water partition coefficient (Wildman–Crippen LogP) is 0.616. The number of aliphatic hydroxyl groups is 1. The maximum Gasteiger partial charge on any atom is 0.331 e. The number of esters is 2. The van der Waals surface area contributed by atoms with E-state index in [2.05, 4.69) is 0 Å². The van der Waals surface area contributed by atoms with Crippen LogP contribution in [-0.2, 0) is 38.5 Å². The molecule has 170 valence electrons. The first kappa shape index (κ1) is 27.3. The minimum Gasteiger partial charge on any atom is -0.463 e. The number of aliphatic hydroxyl groups excluding tert-OH is 1. The van der Waals surface area contributed by atoms with Gasteiger partial charge in [-0.3, -0.25) is 14.4 Å². The number of hydrogen-bond donors (Lipinski definition) is 1. The van der Waals surface area contributed by atoms with Crippen molar-refractivity contribution in [3.05, 3.63) is 0 Å². The van der Waals surface area contributed by atoms with Gasteiger partial charge in [0.05, 0.1) is 23.7 Å². The van der Waals surface area contributed by atoms with E-state index in [1.54, 1.807) is 41.5 Å². The average molecular weight is 440 g/mol. The van der Waals surface area contributed by atoms with Crippen LogP contribution in [0.4, 0.5) is 0 Å². The summed E-state index contributed by atoms with van der Waals surface area (Å²) in [6.07, 6.45) is -0.0155. The summed E-state index contributed by atoms with van der Waals surface area (Å²) in [5.41, 5.74) is -1.52. The third-order valence-electron chi connectivity index (χ3n) is 3.15. The Labute approximate surface area is 172 Å². The van der Waals surface area contributed by atoms with Gasteiger partial charge in [-0.2, -0.15) is 0 Å². The molecule has 0 aliphatic rings. The van der Waals surface area contributed by atoms with Crippen molar-refractivity contribution in [1.82, 2.24) is 5.06 Å². The Morgan fingerprint density at radius 1 is 1.07 bits per heavy atom. The van der Waals surface area contributed by atoms with Crippen LogP contribution in [0.1, 0.15) is 54.4 Å². The molecule has 0 saturated heterocycles. The van der Waals surface area contributed by atoms with E-state index in [1.807, 2.05) is 0 Å². The molecule has 0 aromatic rings. The van der Waals surface area contributed by atoms with E-state index in [0.717, 1.165) is 5.06 Å². The second-order valence-electron chi connectivity index (χ2n) is 8.35. The zero-order valence-corrected chi connectivity index (χ0v) is 18.8. The highest BCUT2D eigenvalue weighted by Gasteiger charge is 2.32. The molecule has 0 aliphatic heterocycles. The third-order valence-corrected chi connectivity index (χ3v) is 4.74. The molecule has 0 spiro atoms. The largest absolute Gasteiger partial charge is 0.463 e. The summed E-state index contributed by atoms with van der Waals surface area (Å²) in [7, 11) is -3.57. The Balaban J connectivity index is 5.17. The van der Waals surface area contributed by atoms with Crippen molar-refractivity contribution < 1.29 is 42.2 Å². The maximum atomic E-state index is 12.5. The van der Waals surface area contributed by atoms with E-state index < -0.39 is 63.7 Å². The fraction of sp³-hybridized carbons (Fsp3) is 0.833. The second kappa shape index (κ2) is 11.5. The molecule has 0 fully saturated rings. The van der Waals surface area contributed by atoms with Crippen LogP contribution in [0.2, 0.25) is 0 Å². The van der Waals surface area contributed by atoms with E-state index >= 15 is 0 Å². The van der Waals surface area contributed by atoms with Gasteiger partial charge in [0.25, 0.3) is 0 Å². The van der Waals surface area contributed by atoms with Gasteiger partial charge >= 0.3 is 11.9 Å². The molecule has 0 bridgehead atoms. The predicted molar refractivity (Wildman–Crippen MR) is 104 cm³/mol. The molecule has 29 heavy (non-hydrogen) atoms. The van der Waals surface area contributed by atoms with Crippen molar-refractivity contribution in [2.24, 2.45) is 0 Å². The molecule has 0 rings (SSSR count). The molecule has 1 atom stereocenters. The Morgan fingerprint density at radius 3 is 2.10 bits per heavy atom. The van der Waals surface area contributed by atoms with Gasteiger partial charge in [-0.25, -0.2) is 18.3 Å². The number of rotatable bonds is 12. The lowest BCUT2D eigenvalue weighted by molar-refractivity contribution is -0.236. The molecule has 0 saturated carbocycles. The van der Waals surface area contributed by atoms with E-state index in [1.165, 1.54) is 0 Å². The van der Waals surface area contributed by atoms with Gasteiger partial charge in [0.1, 0.15) is 12.2 Å². The van der Waals surface area contributed by atoms with Crippen molar-refractivity contribution in [2.45, 2.75) is 71.6 Å². The van der Waals surface area contributed by atoms with Crippen molar-refractivity contribution in [1.29, 1.82) is 0 Å². The highest BCUT2D eigenvalue weighted by molar-refractivity contribution is 7.91. The molecule has 0 unspecified atom stereocenters. The van der Waals surface area contributed by atoms with Crippen molar-refractivity contribution in [2.75, 3.05) is 24.7 Å². The summed E-state index contributed by atoms with van der Waals surface area (Å²) in [4.78, 5) is 41.4. The zero-order chi connectivity index (χ0) is 22.9. The van der Waals surface area contributed by atoms with Crippen LogP contribution < -0.4 is 0 Å². The van der Waals surface area contributed by atoms with Crippen LogP contribution in [0.5, 0.6) is 0 Å². The number of nitrogens with zero attached hydrogens (tertiary/aromatic N) is 1. The van der Waals surface area contributed by atoms with Crippen LogP contribution in [0.25, 0.3) is 0 Å². The van der Waals surface area contributed by atoms with Crippen molar-refractivity contribution in [3.63, 3.8) is 0 Å². The van der Waals surface area contributed by atoms with Crippen LogP contribution in [-0.4, -0.2) is 78.9 Å². The van der Waals surface area contributed by atoms with Crippen molar-refractivity contribution in [3.8, 4) is 0 Å². The molecule has 0 radical (unpaired) electrons. The van der Waals surface area contributed by atoms with Gasteiger partial charge in [-0.15, -0.1) is 0 Å². The summed E-state index contributed by atoms with van der Waals surface area (Å²) in [5, 5.41) is 9.48. The number of ether oxygens (including phenoxy) is 2. The topological polar surface area (TPSA) is 137 Å². The monoisotopic (exact) mass is 439 g/mol. The molecule has 11 heteroatoms. The number of carbonyl (C=O) groups is 3. The number of hydroxylamine groups is 2. The number of carbonyl (C=O) groups excluding carboxylic acids is 3. The molecule has 1 amide bonds. The fourth-order valence-electron chi connectivity index (χ4n) is 2.08. The summed E-state index contributed by atoms with van der Waals surface area (Å²) in [6, 6.07) is -1.26. The molecular weight excluding hydrogens is 406 g/mol. The van der Waals surface area contributed by atoms with Gasteiger partial charge in [0.15, 0.2) is 15.9 Å². The van der Waals surface area contributed by atoms with Crippen LogP contribution in [0.15, 0.2) is 0 Å². The molecule has 0 aromatic carbocycles. The van der Waals surface area contributed by atoms with Crippen LogP contribution >= 0.6 is 0 Å². The number of sulfone groups is 1. The zero-order valence-electron chi connectivity index (χ0n) is 18.0. The van der Waals surface area contributed by atoms with E-state index in [4.69, 9.17) is 19.4 Å². The lowest BCUT2D eigenvalue weighted by Gasteiger charge is -2.31. The fourth-order valence-corrected chi connectivity index (χ4v) is 2.90. The Bertz CT molecular complexity index is 647. The molecule has 0 aliphatic carbocycles. The van der Waals surface area contributed by atoms with Gasteiger partial charge in [-0.1, -0.05) is 0 Å². The second-order valence-corrected chi connectivity index (χ2v) is 10.7. The summed E-state index contributed by atoms with van der Waals surface area (Å²) < 4.78 is 33.4. The Morgan fingerprint density at radius 2 is 1.66 bits per heavy atom. The summed E-state index contributed by atoms with van der Waals surface area (Å²) in [5.74, 6) is -2.40. The lowest BCUT2D eigenvalue weighted by atomic mass is 10.1. The summed E-state index contributed by atoms with van der Waals surface area (Å²) in [6.45, 7) is 9.11. The third kappa shape index (κ3) is 13.2. The highest BCUT2D eigenvalue weighted by atomic mass is 32.2. The van der Waals surface area contributed by atoms with E-state index in [0.29, 0.717) is 6.41 Å². The van der Waals surface area contributed by atoms with Gasteiger partial charge in [0, 0.05) is 6.42 Å². The standard InChI is InChI=1S/C18H33NO9S/c1-17(2,3)27-15(22)8-7-14(19(13-21)28-18(4,5)6)16(23)26-10-12-29(24,25)11-9-20/h13-14,20H,7-12H2,1-6H3/t14-/m0/s1. The number of hydrogen-bond acceptors (Lipinski definition) is 9. The number of amides is 1. The minimum absolute atomic E-state index is 0.133. The SMILES string of the molecule is CC(C)(C)OC(=O)CC[C@@H](C(=O)OCCS(=O)(=O)CCO)N(C=O)OC(C)(C)C. The minimum atomic E-state index is -3.57. The lowest BCUT2D eigenvalue weighted by Crippen LogP contribution is -2.46. The van der Waals surface area contributed by atoms with E-state index in [-0.39, 0.29) is 12.8 Å². The highest BCUT2D eigenvalue weighted by Crippen LogP contribution is 2.17. The smallest absolute Gasteiger partial charge is 0.331 e. The summed E-state index contributed by atoms with van der Waals surface area (Å²) >= 11 is 0. The first-order valence-corrected chi connectivity index (χ1v) is 11.0. The Hall–Kier alpha value is -1.72. The van der Waals surface area contributed by atoms with Crippen LogP contribution in [0.3, 0.4) is 0 Å². The Kier molecular flexibility index (Phi) is 10.8. The molecule has 0 heterocycles. The van der Waals surface area contributed by atoms with E-state index in [9.17, 15) is 22.8 Å². The molecule has 10 nitrogen and oxygen atoms in total. The quantitative estimate of drug-likeness (QED) is 0.263. The molecule has 0 aromatic heterocycles. The van der Waals surface area contributed by atoms with Gasteiger partial charge in [-0.05, 0) is 48.0 Å². The average Bonchev–Trinajstić information content (AvgIpc) is 2.50. The molecular formula is C18H33NO9S.